The van der Waals surface area contributed by atoms with Crippen molar-refractivity contribution in [3.8, 4) is 0 Å². The van der Waals surface area contributed by atoms with Crippen LogP contribution in [-0.4, -0.2) is 24.5 Å². The minimum absolute atomic E-state index is 0.0396. The van der Waals surface area contributed by atoms with Crippen molar-refractivity contribution in [2.24, 2.45) is 0 Å². The molecule has 2 rings (SSSR count). The number of esters is 1. The van der Waals surface area contributed by atoms with Crippen LogP contribution in [0, 0.1) is 0 Å². The molecule has 0 N–H and O–H groups in total. The number of benzene rings is 1. The Bertz CT molecular complexity index is 660. The first-order valence-corrected chi connectivity index (χ1v) is 7.33. The summed E-state index contributed by atoms with van der Waals surface area (Å²) in [6, 6.07) is 12.7. The molecule has 1 aromatic carbocycles. The highest BCUT2D eigenvalue weighted by atomic mass is 16.5. The topological polar surface area (TPSA) is 59.8 Å². The van der Waals surface area contributed by atoms with E-state index >= 15 is 0 Å². The summed E-state index contributed by atoms with van der Waals surface area (Å²) in [4.78, 5) is 25.6. The van der Waals surface area contributed by atoms with E-state index in [9.17, 15) is 9.59 Å². The van der Waals surface area contributed by atoms with Crippen LogP contribution >= 0.6 is 0 Å². The Balaban J connectivity index is 1.93. The molecule has 0 atom stereocenters. The Hall–Kier alpha value is -2.82. The molecule has 0 radical (unpaired) electrons. The van der Waals surface area contributed by atoms with E-state index in [1.54, 1.807) is 17.0 Å². The average Bonchev–Trinajstić information content (AvgIpc) is 3.05. The lowest BCUT2D eigenvalue weighted by molar-refractivity contribution is -0.143. The van der Waals surface area contributed by atoms with Gasteiger partial charge in [0.05, 0.1) is 6.26 Å². The maximum atomic E-state index is 12.3. The number of amides is 1. The molecule has 0 aliphatic carbocycles. The van der Waals surface area contributed by atoms with Crippen molar-refractivity contribution >= 4 is 23.6 Å². The van der Waals surface area contributed by atoms with E-state index < -0.39 is 5.97 Å². The van der Waals surface area contributed by atoms with Gasteiger partial charge >= 0.3 is 5.97 Å². The number of rotatable bonds is 6. The Morgan fingerprint density at radius 1 is 1.17 bits per heavy atom. The summed E-state index contributed by atoms with van der Waals surface area (Å²) in [7, 11) is 0. The zero-order chi connectivity index (χ0) is 16.7. The summed E-state index contributed by atoms with van der Waals surface area (Å²) in [6.07, 6.45) is 4.23. The fraction of sp³-hybridized carbons (Fsp3) is 0.222. The maximum absolute atomic E-state index is 12.3. The first-order valence-electron chi connectivity index (χ1n) is 7.33. The molecule has 1 aromatic heterocycles. The van der Waals surface area contributed by atoms with Crippen LogP contribution in [0.15, 0.2) is 59.2 Å². The maximum Gasteiger partial charge on any atom is 0.331 e. The van der Waals surface area contributed by atoms with Gasteiger partial charge in [0.15, 0.2) is 6.61 Å². The molecule has 1 heterocycles. The van der Waals surface area contributed by atoms with Crippen LogP contribution in [0.4, 0.5) is 5.69 Å². The van der Waals surface area contributed by atoms with E-state index in [-0.39, 0.29) is 18.6 Å². The largest absolute Gasteiger partial charge is 0.465 e. The second-order valence-corrected chi connectivity index (χ2v) is 5.15. The van der Waals surface area contributed by atoms with Gasteiger partial charge in [-0.15, -0.1) is 0 Å². The lowest BCUT2D eigenvalue weighted by atomic mass is 10.2. The lowest BCUT2D eigenvalue weighted by Gasteiger charge is -2.26. The Labute approximate surface area is 135 Å². The van der Waals surface area contributed by atoms with E-state index in [0.29, 0.717) is 5.76 Å². The number of hydrogen-bond donors (Lipinski definition) is 0. The Kier molecular flexibility index (Phi) is 5.74. The predicted octanol–water partition coefficient (Wildman–Crippen LogP) is 3.28. The monoisotopic (exact) mass is 313 g/mol. The van der Waals surface area contributed by atoms with Crippen LogP contribution < -0.4 is 4.90 Å². The van der Waals surface area contributed by atoms with Gasteiger partial charge in [0.2, 0.25) is 0 Å². The molecule has 0 unspecified atom stereocenters. The minimum Gasteiger partial charge on any atom is -0.465 e. The first kappa shape index (κ1) is 16.5. The van der Waals surface area contributed by atoms with Gasteiger partial charge in [-0.05, 0) is 44.2 Å². The molecule has 0 fully saturated rings. The quantitative estimate of drug-likeness (QED) is 0.606. The molecule has 0 bridgehead atoms. The van der Waals surface area contributed by atoms with Crippen LogP contribution in [0.2, 0.25) is 0 Å². The third kappa shape index (κ3) is 4.85. The summed E-state index contributed by atoms with van der Waals surface area (Å²) in [5.74, 6) is -0.321. The molecule has 23 heavy (non-hydrogen) atoms. The van der Waals surface area contributed by atoms with Crippen LogP contribution in [0.5, 0.6) is 0 Å². The van der Waals surface area contributed by atoms with Gasteiger partial charge in [-0.25, -0.2) is 4.79 Å². The summed E-state index contributed by atoms with van der Waals surface area (Å²) < 4.78 is 10.1. The molecule has 0 spiro atoms. The van der Waals surface area contributed by atoms with Gasteiger partial charge in [-0.3, -0.25) is 4.79 Å². The van der Waals surface area contributed by atoms with E-state index in [2.05, 4.69) is 0 Å². The second kappa shape index (κ2) is 7.98. The number of nitrogens with zero attached hydrogens (tertiary/aromatic N) is 1. The molecule has 0 saturated carbocycles. The summed E-state index contributed by atoms with van der Waals surface area (Å²) in [5, 5.41) is 0. The highest BCUT2D eigenvalue weighted by Gasteiger charge is 2.19. The number of furan rings is 1. The van der Waals surface area contributed by atoms with Crippen molar-refractivity contribution in [3.05, 3.63) is 60.6 Å². The van der Waals surface area contributed by atoms with Crippen molar-refractivity contribution in [2.45, 2.75) is 19.9 Å². The minimum atomic E-state index is -0.591. The molecule has 1 amide bonds. The lowest BCUT2D eigenvalue weighted by Crippen LogP contribution is -2.39. The van der Waals surface area contributed by atoms with E-state index in [0.717, 1.165) is 5.69 Å². The summed E-state index contributed by atoms with van der Waals surface area (Å²) in [5.41, 5.74) is 0.773. The van der Waals surface area contributed by atoms with E-state index in [1.807, 2.05) is 44.2 Å². The number of carbonyl (C=O) groups excluding carboxylic acids is 2. The standard InChI is InChI=1S/C18H19NO4/c1-14(2)19(15-7-4-3-5-8-15)17(20)13-23-18(21)11-10-16-9-6-12-22-16/h3-12,14H,13H2,1-2H3. The van der Waals surface area contributed by atoms with Gasteiger partial charge in [0.25, 0.3) is 5.91 Å². The average molecular weight is 313 g/mol. The highest BCUT2D eigenvalue weighted by molar-refractivity contribution is 5.96. The second-order valence-electron chi connectivity index (χ2n) is 5.15. The summed E-state index contributed by atoms with van der Waals surface area (Å²) in [6.45, 7) is 3.50. The van der Waals surface area contributed by atoms with Crippen molar-refractivity contribution < 1.29 is 18.7 Å². The molecular weight excluding hydrogens is 294 g/mol. The van der Waals surface area contributed by atoms with Gasteiger partial charge in [-0.1, -0.05) is 18.2 Å². The zero-order valence-electron chi connectivity index (χ0n) is 13.1. The van der Waals surface area contributed by atoms with Crippen molar-refractivity contribution in [3.63, 3.8) is 0 Å². The van der Waals surface area contributed by atoms with Gasteiger partial charge < -0.3 is 14.1 Å². The Morgan fingerprint density at radius 2 is 1.91 bits per heavy atom. The number of hydrogen-bond acceptors (Lipinski definition) is 4. The van der Waals surface area contributed by atoms with Gasteiger partial charge in [0, 0.05) is 17.8 Å². The first-order chi connectivity index (χ1) is 11.1. The molecular formula is C18H19NO4. The molecule has 2 aromatic rings. The van der Waals surface area contributed by atoms with Crippen LogP contribution in [-0.2, 0) is 14.3 Å². The van der Waals surface area contributed by atoms with Crippen LogP contribution in [0.1, 0.15) is 19.6 Å². The molecule has 0 aliphatic rings. The zero-order valence-corrected chi connectivity index (χ0v) is 13.1. The Morgan fingerprint density at radius 3 is 2.52 bits per heavy atom. The van der Waals surface area contributed by atoms with Crippen molar-refractivity contribution in [2.75, 3.05) is 11.5 Å². The number of anilines is 1. The van der Waals surface area contributed by atoms with E-state index in [1.165, 1.54) is 18.4 Å². The smallest absolute Gasteiger partial charge is 0.331 e. The van der Waals surface area contributed by atoms with Crippen molar-refractivity contribution in [1.29, 1.82) is 0 Å². The number of ether oxygens (including phenoxy) is 1. The SMILES string of the molecule is CC(C)N(C(=O)COC(=O)C=Cc1ccco1)c1ccccc1. The fourth-order valence-electron chi connectivity index (χ4n) is 2.11. The number of para-hydroxylation sites is 1. The fourth-order valence-corrected chi connectivity index (χ4v) is 2.11. The molecule has 0 aliphatic heterocycles. The normalized spacial score (nSPS) is 10.9. The van der Waals surface area contributed by atoms with Crippen LogP contribution in [0.3, 0.4) is 0 Å². The third-order valence-corrected chi connectivity index (χ3v) is 3.08. The summed E-state index contributed by atoms with van der Waals surface area (Å²) >= 11 is 0. The predicted molar refractivity (Wildman–Crippen MR) is 87.8 cm³/mol. The third-order valence-electron chi connectivity index (χ3n) is 3.08. The highest BCUT2D eigenvalue weighted by Crippen LogP contribution is 2.16. The van der Waals surface area contributed by atoms with Crippen LogP contribution in [0.25, 0.3) is 6.08 Å². The van der Waals surface area contributed by atoms with E-state index in [4.69, 9.17) is 9.15 Å². The van der Waals surface area contributed by atoms with Gasteiger partial charge in [0.1, 0.15) is 5.76 Å². The molecule has 0 saturated heterocycles. The number of carbonyl (C=O) groups is 2. The molecule has 5 heteroatoms. The molecule has 120 valence electrons. The van der Waals surface area contributed by atoms with Crippen molar-refractivity contribution in [1.82, 2.24) is 0 Å². The molecule has 5 nitrogen and oxygen atoms in total. The van der Waals surface area contributed by atoms with Gasteiger partial charge in [-0.2, -0.15) is 0 Å².